The highest BCUT2D eigenvalue weighted by Crippen LogP contribution is 2.28. The number of nitrogens with one attached hydrogen (secondary N) is 1. The average Bonchev–Trinajstić information content (AvgIpc) is 3.01. The molecule has 1 N–H and O–H groups in total. The van der Waals surface area contributed by atoms with E-state index >= 15 is 0 Å². The Morgan fingerprint density at radius 2 is 2.12 bits per heavy atom. The van der Waals surface area contributed by atoms with Gasteiger partial charge in [-0.05, 0) is 38.8 Å². The van der Waals surface area contributed by atoms with Crippen LogP contribution in [0.1, 0.15) is 47.7 Å². The predicted octanol–water partition coefficient (Wildman–Crippen LogP) is 3.15. The molecule has 134 valence electrons. The van der Waals surface area contributed by atoms with Crippen LogP contribution in [0.2, 0.25) is 0 Å². The van der Waals surface area contributed by atoms with Gasteiger partial charge >= 0.3 is 5.97 Å². The van der Waals surface area contributed by atoms with E-state index in [1.807, 2.05) is 26.0 Å². The summed E-state index contributed by atoms with van der Waals surface area (Å²) in [4.78, 5) is 33.0. The number of rotatable bonds is 8. The standard InChI is InChI=1S/C18H23N3O3S/c1-4-14-11-13(8-10-19-14)18-21-12(3)16(25-18)17(23)20-9-6-7-15(22)24-5-2/h8,10-11H,4-7,9H2,1-3H3,(H,20,23). The molecule has 6 nitrogen and oxygen atoms in total. The molecule has 2 rings (SSSR count). The van der Waals surface area contributed by atoms with Crippen LogP contribution in [0, 0.1) is 6.92 Å². The number of aromatic nitrogens is 2. The molecule has 0 unspecified atom stereocenters. The van der Waals surface area contributed by atoms with Gasteiger partial charge in [0, 0.05) is 30.4 Å². The van der Waals surface area contributed by atoms with Gasteiger partial charge in [0.15, 0.2) is 0 Å². The molecule has 0 aliphatic heterocycles. The molecule has 0 aliphatic carbocycles. The average molecular weight is 361 g/mol. The quantitative estimate of drug-likeness (QED) is 0.577. The van der Waals surface area contributed by atoms with Crippen LogP contribution in [0.15, 0.2) is 18.3 Å². The molecule has 2 aromatic heterocycles. The molecule has 0 saturated heterocycles. The number of pyridine rings is 1. The largest absolute Gasteiger partial charge is 0.466 e. The van der Waals surface area contributed by atoms with Gasteiger partial charge in [0.2, 0.25) is 0 Å². The van der Waals surface area contributed by atoms with Gasteiger partial charge in [-0.1, -0.05) is 6.92 Å². The lowest BCUT2D eigenvalue weighted by atomic mass is 10.2. The van der Waals surface area contributed by atoms with E-state index in [4.69, 9.17) is 4.74 Å². The summed E-state index contributed by atoms with van der Waals surface area (Å²) < 4.78 is 4.86. The van der Waals surface area contributed by atoms with E-state index in [-0.39, 0.29) is 11.9 Å². The van der Waals surface area contributed by atoms with Crippen LogP contribution >= 0.6 is 11.3 Å². The lowest BCUT2D eigenvalue weighted by Gasteiger charge is -2.04. The molecule has 0 aliphatic rings. The maximum absolute atomic E-state index is 12.3. The number of hydrogen-bond donors (Lipinski definition) is 1. The Bertz CT molecular complexity index is 743. The van der Waals surface area contributed by atoms with Crippen LogP contribution in [-0.2, 0) is 16.0 Å². The number of aryl methyl sites for hydroxylation is 2. The predicted molar refractivity (Wildman–Crippen MR) is 97.7 cm³/mol. The van der Waals surface area contributed by atoms with Gasteiger partial charge in [0.1, 0.15) is 9.88 Å². The molecular formula is C18H23N3O3S. The summed E-state index contributed by atoms with van der Waals surface area (Å²) in [6.07, 6.45) is 3.48. The van der Waals surface area contributed by atoms with E-state index in [0.717, 1.165) is 22.7 Å². The summed E-state index contributed by atoms with van der Waals surface area (Å²) in [5.41, 5.74) is 2.68. The molecule has 0 saturated carbocycles. The van der Waals surface area contributed by atoms with E-state index in [9.17, 15) is 9.59 Å². The Kier molecular flexibility index (Phi) is 7.06. The molecule has 0 fully saturated rings. The minimum absolute atomic E-state index is 0.158. The zero-order chi connectivity index (χ0) is 18.2. The van der Waals surface area contributed by atoms with E-state index in [1.165, 1.54) is 11.3 Å². The monoisotopic (exact) mass is 361 g/mol. The molecule has 1 amide bonds. The number of carbonyl (C=O) groups excluding carboxylic acids is 2. The van der Waals surface area contributed by atoms with Gasteiger partial charge in [0.25, 0.3) is 5.91 Å². The summed E-state index contributed by atoms with van der Waals surface area (Å²) in [6, 6.07) is 3.90. The van der Waals surface area contributed by atoms with Gasteiger partial charge in [-0.3, -0.25) is 14.6 Å². The van der Waals surface area contributed by atoms with E-state index in [2.05, 4.69) is 15.3 Å². The van der Waals surface area contributed by atoms with Crippen molar-refractivity contribution in [1.29, 1.82) is 0 Å². The fourth-order valence-electron chi connectivity index (χ4n) is 2.28. The lowest BCUT2D eigenvalue weighted by molar-refractivity contribution is -0.143. The third-order valence-electron chi connectivity index (χ3n) is 3.58. The molecular weight excluding hydrogens is 338 g/mol. The number of nitrogens with zero attached hydrogens (tertiary/aromatic N) is 2. The topological polar surface area (TPSA) is 81.2 Å². The van der Waals surface area contributed by atoms with Gasteiger partial charge in [-0.25, -0.2) is 4.98 Å². The van der Waals surface area contributed by atoms with Crippen LogP contribution < -0.4 is 5.32 Å². The molecule has 0 spiro atoms. The van der Waals surface area contributed by atoms with Crippen molar-refractivity contribution in [3.63, 3.8) is 0 Å². The SMILES string of the molecule is CCOC(=O)CCCNC(=O)c1sc(-c2ccnc(CC)c2)nc1C. The summed E-state index contributed by atoms with van der Waals surface area (Å²) in [5.74, 6) is -0.396. The summed E-state index contributed by atoms with van der Waals surface area (Å²) in [6.45, 7) is 6.46. The smallest absolute Gasteiger partial charge is 0.305 e. The highest BCUT2D eigenvalue weighted by atomic mass is 32.1. The first-order valence-corrected chi connectivity index (χ1v) is 9.23. The molecule has 0 aromatic carbocycles. The van der Waals surface area contributed by atoms with Crippen molar-refractivity contribution in [2.24, 2.45) is 0 Å². The third kappa shape index (κ3) is 5.35. The second-order valence-corrected chi connectivity index (χ2v) is 6.49. The zero-order valence-electron chi connectivity index (χ0n) is 14.8. The molecule has 2 aromatic rings. The Hall–Kier alpha value is -2.28. The Labute approximate surface area is 151 Å². The Morgan fingerprint density at radius 3 is 2.84 bits per heavy atom. The maximum Gasteiger partial charge on any atom is 0.305 e. The number of thiazole rings is 1. The normalized spacial score (nSPS) is 10.5. The van der Waals surface area contributed by atoms with Crippen molar-refractivity contribution >= 4 is 23.2 Å². The maximum atomic E-state index is 12.3. The second kappa shape index (κ2) is 9.27. The molecule has 7 heteroatoms. The zero-order valence-corrected chi connectivity index (χ0v) is 15.6. The van der Waals surface area contributed by atoms with Gasteiger partial charge < -0.3 is 10.1 Å². The van der Waals surface area contributed by atoms with Crippen molar-refractivity contribution in [3.8, 4) is 10.6 Å². The fraction of sp³-hybridized carbons (Fsp3) is 0.444. The number of esters is 1. The molecule has 0 atom stereocenters. The van der Waals surface area contributed by atoms with E-state index < -0.39 is 0 Å². The van der Waals surface area contributed by atoms with Gasteiger partial charge in [-0.15, -0.1) is 11.3 Å². The van der Waals surface area contributed by atoms with Gasteiger partial charge in [-0.2, -0.15) is 0 Å². The van der Waals surface area contributed by atoms with Crippen molar-refractivity contribution in [2.45, 2.75) is 40.0 Å². The lowest BCUT2D eigenvalue weighted by Crippen LogP contribution is -2.24. The molecule has 2 heterocycles. The number of carbonyl (C=O) groups is 2. The summed E-state index contributed by atoms with van der Waals surface area (Å²) in [7, 11) is 0. The molecule has 0 bridgehead atoms. The van der Waals surface area contributed by atoms with E-state index in [1.54, 1.807) is 13.1 Å². The van der Waals surface area contributed by atoms with Crippen molar-refractivity contribution in [1.82, 2.24) is 15.3 Å². The first-order valence-electron chi connectivity index (χ1n) is 8.41. The highest BCUT2D eigenvalue weighted by Gasteiger charge is 2.16. The van der Waals surface area contributed by atoms with Crippen molar-refractivity contribution in [3.05, 3.63) is 34.6 Å². The van der Waals surface area contributed by atoms with Crippen LogP contribution in [-0.4, -0.2) is 35.0 Å². The van der Waals surface area contributed by atoms with Crippen LogP contribution in [0.25, 0.3) is 10.6 Å². The van der Waals surface area contributed by atoms with Crippen LogP contribution in [0.3, 0.4) is 0 Å². The number of ether oxygens (including phenoxy) is 1. The number of amides is 1. The Morgan fingerprint density at radius 1 is 1.32 bits per heavy atom. The first-order chi connectivity index (χ1) is 12.0. The molecule has 25 heavy (non-hydrogen) atoms. The van der Waals surface area contributed by atoms with E-state index in [0.29, 0.717) is 36.6 Å². The fourth-order valence-corrected chi connectivity index (χ4v) is 3.26. The van der Waals surface area contributed by atoms with Gasteiger partial charge in [0.05, 0.1) is 12.3 Å². The minimum atomic E-state index is -0.238. The van der Waals surface area contributed by atoms with Crippen LogP contribution in [0.4, 0.5) is 0 Å². The molecule has 0 radical (unpaired) electrons. The third-order valence-corrected chi connectivity index (χ3v) is 4.78. The highest BCUT2D eigenvalue weighted by molar-refractivity contribution is 7.17. The van der Waals surface area contributed by atoms with Crippen LogP contribution in [0.5, 0.6) is 0 Å². The second-order valence-electron chi connectivity index (χ2n) is 5.49. The summed E-state index contributed by atoms with van der Waals surface area (Å²) in [5, 5.41) is 3.65. The minimum Gasteiger partial charge on any atom is -0.466 e. The summed E-state index contributed by atoms with van der Waals surface area (Å²) >= 11 is 1.37. The first kappa shape index (κ1) is 19.1. The van der Waals surface area contributed by atoms with Crippen molar-refractivity contribution < 1.29 is 14.3 Å². The number of hydrogen-bond acceptors (Lipinski definition) is 6. The van der Waals surface area contributed by atoms with Crippen molar-refractivity contribution in [2.75, 3.05) is 13.2 Å². The Balaban J connectivity index is 1.97.